The number of hydrogen-bond donors (Lipinski definition) is 1. The number of unbranched alkanes of at least 4 members (excludes halogenated alkanes) is 8. The van der Waals surface area contributed by atoms with Crippen molar-refractivity contribution in [2.75, 3.05) is 5.32 Å². The Morgan fingerprint density at radius 3 is 2.10 bits per heavy atom. The second-order valence-corrected chi connectivity index (χ2v) is 6.99. The number of anilines is 1. The van der Waals surface area contributed by atoms with Gasteiger partial charge in [0, 0.05) is 11.3 Å². The number of rotatable bonds is 11. The quantitative estimate of drug-likeness (QED) is 0.539. The summed E-state index contributed by atoms with van der Waals surface area (Å²) in [5.74, 6) is 0.103. The van der Waals surface area contributed by atoms with Gasteiger partial charge in [-0.1, -0.05) is 58.3 Å². The van der Waals surface area contributed by atoms with Crippen molar-refractivity contribution in [1.29, 1.82) is 0 Å². The Balaban J connectivity index is 1.98. The van der Waals surface area contributed by atoms with Crippen LogP contribution < -0.4 is 5.32 Å². The number of hydrogen-bond acceptors (Lipinski definition) is 3. The van der Waals surface area contributed by atoms with Crippen molar-refractivity contribution in [3.63, 3.8) is 0 Å². The third-order valence-electron chi connectivity index (χ3n) is 3.78. The third-order valence-corrected chi connectivity index (χ3v) is 4.77. The summed E-state index contributed by atoms with van der Waals surface area (Å²) in [7, 11) is 0. The first-order valence-corrected chi connectivity index (χ1v) is 9.19. The molecule has 0 radical (unpaired) electrons. The number of amides is 1. The first-order valence-electron chi connectivity index (χ1n) is 8.37. The molecule has 1 rings (SSSR count). The summed E-state index contributed by atoms with van der Waals surface area (Å²) in [6.45, 7) is 6.25. The highest BCUT2D eigenvalue weighted by molar-refractivity contribution is 7.15. The fraction of sp³-hybridized carbons (Fsp3) is 0.765. The van der Waals surface area contributed by atoms with E-state index < -0.39 is 0 Å². The van der Waals surface area contributed by atoms with Gasteiger partial charge in [0.1, 0.15) is 0 Å². The molecule has 0 aromatic carbocycles. The van der Waals surface area contributed by atoms with Gasteiger partial charge in [0.2, 0.25) is 5.91 Å². The minimum atomic E-state index is 0.103. The summed E-state index contributed by atoms with van der Waals surface area (Å²) < 4.78 is 0. The van der Waals surface area contributed by atoms with Gasteiger partial charge in [-0.15, -0.1) is 11.3 Å². The molecule has 0 aliphatic carbocycles. The van der Waals surface area contributed by atoms with Crippen LogP contribution in [0.2, 0.25) is 0 Å². The molecule has 1 heterocycles. The van der Waals surface area contributed by atoms with E-state index >= 15 is 0 Å². The number of nitrogens with one attached hydrogen (secondary N) is 1. The van der Waals surface area contributed by atoms with Crippen LogP contribution in [0.1, 0.15) is 81.7 Å². The average Bonchev–Trinajstić information content (AvgIpc) is 2.75. The zero-order valence-electron chi connectivity index (χ0n) is 13.8. The van der Waals surface area contributed by atoms with Crippen LogP contribution in [0.25, 0.3) is 0 Å². The summed E-state index contributed by atoms with van der Waals surface area (Å²) in [6, 6.07) is 0. The standard InChI is InChI=1S/C17H30N2OS/c1-4-5-6-7-8-9-10-11-12-13-16(20)19-17-18-14(2)15(3)21-17/h4-13H2,1-3H3,(H,18,19,20). The Labute approximate surface area is 133 Å². The predicted molar refractivity (Wildman–Crippen MR) is 92.1 cm³/mol. The molecule has 0 aliphatic heterocycles. The fourth-order valence-corrected chi connectivity index (χ4v) is 3.13. The van der Waals surface area contributed by atoms with Crippen LogP contribution in [0.5, 0.6) is 0 Å². The summed E-state index contributed by atoms with van der Waals surface area (Å²) in [5, 5.41) is 3.64. The van der Waals surface area contributed by atoms with Gasteiger partial charge in [0.15, 0.2) is 5.13 Å². The maximum Gasteiger partial charge on any atom is 0.226 e. The molecule has 3 nitrogen and oxygen atoms in total. The van der Waals surface area contributed by atoms with Crippen molar-refractivity contribution in [2.45, 2.75) is 85.0 Å². The smallest absolute Gasteiger partial charge is 0.226 e. The molecule has 1 N–H and O–H groups in total. The number of carbonyl (C=O) groups is 1. The van der Waals surface area contributed by atoms with Crippen molar-refractivity contribution >= 4 is 22.4 Å². The van der Waals surface area contributed by atoms with Crippen molar-refractivity contribution < 1.29 is 4.79 Å². The lowest BCUT2D eigenvalue weighted by Gasteiger charge is -2.03. The van der Waals surface area contributed by atoms with E-state index in [0.717, 1.165) is 23.7 Å². The van der Waals surface area contributed by atoms with E-state index in [0.29, 0.717) is 6.42 Å². The van der Waals surface area contributed by atoms with E-state index in [2.05, 4.69) is 17.2 Å². The van der Waals surface area contributed by atoms with Gasteiger partial charge < -0.3 is 5.32 Å². The molecular formula is C17H30N2OS. The Morgan fingerprint density at radius 1 is 1.00 bits per heavy atom. The molecule has 0 aliphatic rings. The van der Waals surface area contributed by atoms with Gasteiger partial charge in [-0.25, -0.2) is 4.98 Å². The van der Waals surface area contributed by atoms with E-state index in [1.807, 2.05) is 13.8 Å². The molecule has 0 bridgehead atoms. The lowest BCUT2D eigenvalue weighted by atomic mass is 10.1. The Morgan fingerprint density at radius 2 is 1.57 bits per heavy atom. The molecule has 0 unspecified atom stereocenters. The van der Waals surface area contributed by atoms with Crippen LogP contribution in [0.4, 0.5) is 5.13 Å². The van der Waals surface area contributed by atoms with Crippen LogP contribution in [-0.2, 0) is 4.79 Å². The second-order valence-electron chi connectivity index (χ2n) is 5.79. The summed E-state index contributed by atoms with van der Waals surface area (Å²) in [5.41, 5.74) is 1.01. The first-order chi connectivity index (χ1) is 10.1. The molecule has 0 saturated heterocycles. The van der Waals surface area contributed by atoms with E-state index in [1.165, 1.54) is 49.8 Å². The van der Waals surface area contributed by atoms with Gasteiger partial charge in [0.25, 0.3) is 0 Å². The van der Waals surface area contributed by atoms with Crippen molar-refractivity contribution in [1.82, 2.24) is 4.98 Å². The molecule has 0 saturated carbocycles. The van der Waals surface area contributed by atoms with Crippen LogP contribution in [-0.4, -0.2) is 10.9 Å². The molecule has 0 fully saturated rings. The first kappa shape index (κ1) is 18.1. The summed E-state index contributed by atoms with van der Waals surface area (Å²) >= 11 is 1.56. The molecule has 1 amide bonds. The Hall–Kier alpha value is -0.900. The topological polar surface area (TPSA) is 42.0 Å². The fourth-order valence-electron chi connectivity index (χ4n) is 2.30. The van der Waals surface area contributed by atoms with Gasteiger partial charge >= 0.3 is 0 Å². The highest BCUT2D eigenvalue weighted by Gasteiger charge is 2.07. The van der Waals surface area contributed by atoms with Gasteiger partial charge in [-0.05, 0) is 20.3 Å². The third kappa shape index (κ3) is 8.20. The SMILES string of the molecule is CCCCCCCCCCCC(=O)Nc1nc(C)c(C)s1. The van der Waals surface area contributed by atoms with Crippen LogP contribution in [0.3, 0.4) is 0 Å². The van der Waals surface area contributed by atoms with E-state index in [1.54, 1.807) is 11.3 Å². The van der Waals surface area contributed by atoms with Crippen molar-refractivity contribution in [2.24, 2.45) is 0 Å². The van der Waals surface area contributed by atoms with Crippen molar-refractivity contribution in [3.8, 4) is 0 Å². The van der Waals surface area contributed by atoms with Crippen LogP contribution >= 0.6 is 11.3 Å². The predicted octanol–water partition coefficient (Wildman–Crippen LogP) is 5.62. The minimum Gasteiger partial charge on any atom is -0.302 e. The normalized spacial score (nSPS) is 10.8. The number of thiazole rings is 1. The molecule has 120 valence electrons. The van der Waals surface area contributed by atoms with Crippen molar-refractivity contribution in [3.05, 3.63) is 10.6 Å². The number of nitrogens with zero attached hydrogens (tertiary/aromatic N) is 1. The maximum absolute atomic E-state index is 11.8. The van der Waals surface area contributed by atoms with E-state index in [-0.39, 0.29) is 5.91 Å². The maximum atomic E-state index is 11.8. The number of carbonyl (C=O) groups excluding carboxylic acids is 1. The summed E-state index contributed by atoms with van der Waals surface area (Å²) in [4.78, 5) is 17.3. The van der Waals surface area contributed by atoms with Crippen LogP contribution in [0, 0.1) is 13.8 Å². The van der Waals surface area contributed by atoms with Gasteiger partial charge in [-0.3, -0.25) is 4.79 Å². The monoisotopic (exact) mass is 310 g/mol. The zero-order valence-corrected chi connectivity index (χ0v) is 14.7. The summed E-state index contributed by atoms with van der Waals surface area (Å²) in [6.07, 6.45) is 12.1. The van der Waals surface area contributed by atoms with Crippen LogP contribution in [0.15, 0.2) is 0 Å². The second kappa shape index (κ2) is 10.8. The van der Waals surface area contributed by atoms with E-state index in [4.69, 9.17) is 0 Å². The minimum absolute atomic E-state index is 0.103. The van der Waals surface area contributed by atoms with E-state index in [9.17, 15) is 4.79 Å². The molecular weight excluding hydrogens is 280 g/mol. The molecule has 21 heavy (non-hydrogen) atoms. The highest BCUT2D eigenvalue weighted by Crippen LogP contribution is 2.21. The van der Waals surface area contributed by atoms with Gasteiger partial charge in [0.05, 0.1) is 5.69 Å². The average molecular weight is 311 g/mol. The molecule has 4 heteroatoms. The van der Waals surface area contributed by atoms with Gasteiger partial charge in [-0.2, -0.15) is 0 Å². The highest BCUT2D eigenvalue weighted by atomic mass is 32.1. The Bertz CT molecular complexity index is 395. The molecule has 1 aromatic rings. The molecule has 1 aromatic heterocycles. The number of aryl methyl sites for hydroxylation is 2. The number of aromatic nitrogens is 1. The lowest BCUT2D eigenvalue weighted by Crippen LogP contribution is -2.10. The lowest BCUT2D eigenvalue weighted by molar-refractivity contribution is -0.116. The Kier molecular flexibility index (Phi) is 9.31. The molecule has 0 atom stereocenters. The largest absolute Gasteiger partial charge is 0.302 e. The zero-order chi connectivity index (χ0) is 15.5. The molecule has 0 spiro atoms.